The summed E-state index contributed by atoms with van der Waals surface area (Å²) in [6, 6.07) is 0.0654. The largest absolute Gasteiger partial charge is 0.506 e. The first-order valence-corrected chi connectivity index (χ1v) is 7.85. The number of nitrogens with zero attached hydrogens (tertiary/aromatic N) is 3. The van der Waals surface area contributed by atoms with Gasteiger partial charge in [0.1, 0.15) is 17.6 Å². The molecule has 2 aromatic heterocycles. The van der Waals surface area contributed by atoms with Gasteiger partial charge in [-0.15, -0.1) is 0 Å². The van der Waals surface area contributed by atoms with E-state index in [1.807, 2.05) is 32.9 Å². The van der Waals surface area contributed by atoms with Crippen molar-refractivity contribution in [1.29, 1.82) is 0 Å². The molecule has 0 fully saturated rings. The Kier molecular flexibility index (Phi) is 7.06. The van der Waals surface area contributed by atoms with Crippen molar-refractivity contribution in [2.75, 3.05) is 5.32 Å². The summed E-state index contributed by atoms with van der Waals surface area (Å²) in [6.45, 7) is 15.5. The molecule has 5 nitrogen and oxygen atoms in total. The second-order valence-electron chi connectivity index (χ2n) is 4.75. The first-order valence-electron chi connectivity index (χ1n) is 7.85. The van der Waals surface area contributed by atoms with E-state index >= 15 is 0 Å². The first-order chi connectivity index (χ1) is 11.1. The predicted octanol–water partition coefficient (Wildman–Crippen LogP) is 4.26. The molecule has 0 amide bonds. The minimum atomic E-state index is 0.0654. The molecule has 124 valence electrons. The molecular formula is C18H26N4O. The molecule has 2 N–H and O–H groups in total. The van der Waals surface area contributed by atoms with Gasteiger partial charge in [0.05, 0.1) is 12.2 Å². The molecule has 5 heteroatoms. The quantitative estimate of drug-likeness (QED) is 0.782. The van der Waals surface area contributed by atoms with Crippen LogP contribution in [0.3, 0.4) is 0 Å². The molecule has 2 aromatic rings. The lowest BCUT2D eigenvalue weighted by atomic mass is 10.0. The van der Waals surface area contributed by atoms with E-state index in [0.717, 1.165) is 23.1 Å². The van der Waals surface area contributed by atoms with Crippen LogP contribution in [-0.2, 0) is 0 Å². The Bertz CT molecular complexity index is 700. The van der Waals surface area contributed by atoms with Crippen LogP contribution in [0.25, 0.3) is 5.52 Å². The Balaban J connectivity index is 0.00000127. The Labute approximate surface area is 138 Å². The predicted molar refractivity (Wildman–Crippen MR) is 96.9 cm³/mol. The summed E-state index contributed by atoms with van der Waals surface area (Å²) < 4.78 is 1.62. The van der Waals surface area contributed by atoms with Gasteiger partial charge >= 0.3 is 0 Å². The van der Waals surface area contributed by atoms with E-state index in [1.165, 1.54) is 6.33 Å². The minimum absolute atomic E-state index is 0.0654. The number of hydrogen-bond acceptors (Lipinski definition) is 4. The Hall–Kier alpha value is -2.56. The molecule has 0 unspecified atom stereocenters. The van der Waals surface area contributed by atoms with Gasteiger partial charge in [0.25, 0.3) is 0 Å². The number of anilines is 1. The monoisotopic (exact) mass is 314 g/mol. The van der Waals surface area contributed by atoms with Crippen molar-refractivity contribution in [3.05, 3.63) is 55.0 Å². The van der Waals surface area contributed by atoms with Gasteiger partial charge in [0.15, 0.2) is 5.82 Å². The number of allylic oxidation sites excluding steroid dienone is 2. The van der Waals surface area contributed by atoms with Gasteiger partial charge in [-0.25, -0.2) is 9.50 Å². The SMILES string of the molecule is C=C/C=C(\C=C)[C@@H](CC)Nc1ncnn2cc(O)c(C)c12.CC. The summed E-state index contributed by atoms with van der Waals surface area (Å²) in [5.74, 6) is 0.892. The topological polar surface area (TPSA) is 62.5 Å². The lowest BCUT2D eigenvalue weighted by Crippen LogP contribution is -2.21. The average molecular weight is 314 g/mol. The van der Waals surface area contributed by atoms with Gasteiger partial charge in [-0.1, -0.05) is 52.2 Å². The fraction of sp³-hybridized carbons (Fsp3) is 0.333. The van der Waals surface area contributed by atoms with Crippen LogP contribution in [0.15, 0.2) is 49.5 Å². The zero-order valence-electron chi connectivity index (χ0n) is 14.4. The summed E-state index contributed by atoms with van der Waals surface area (Å²) in [4.78, 5) is 4.30. The summed E-state index contributed by atoms with van der Waals surface area (Å²) in [5.41, 5.74) is 2.56. The van der Waals surface area contributed by atoms with Crippen molar-refractivity contribution < 1.29 is 5.11 Å². The van der Waals surface area contributed by atoms with Crippen LogP contribution in [0.4, 0.5) is 5.82 Å². The van der Waals surface area contributed by atoms with E-state index in [4.69, 9.17) is 0 Å². The van der Waals surface area contributed by atoms with E-state index in [1.54, 1.807) is 16.8 Å². The third-order valence-electron chi connectivity index (χ3n) is 3.47. The number of aromatic hydroxyl groups is 1. The van der Waals surface area contributed by atoms with Crippen LogP contribution in [0.2, 0.25) is 0 Å². The van der Waals surface area contributed by atoms with E-state index in [2.05, 4.69) is 35.5 Å². The highest BCUT2D eigenvalue weighted by molar-refractivity contribution is 5.75. The van der Waals surface area contributed by atoms with Gasteiger partial charge in [-0.2, -0.15) is 5.10 Å². The molecule has 23 heavy (non-hydrogen) atoms. The molecule has 0 aliphatic rings. The highest BCUT2D eigenvalue weighted by Gasteiger charge is 2.16. The van der Waals surface area contributed by atoms with Gasteiger partial charge in [-0.3, -0.25) is 0 Å². The molecule has 0 saturated heterocycles. The van der Waals surface area contributed by atoms with E-state index in [9.17, 15) is 5.11 Å². The zero-order chi connectivity index (χ0) is 17.4. The fourth-order valence-corrected chi connectivity index (χ4v) is 2.30. The number of aryl methyl sites for hydroxylation is 1. The normalized spacial score (nSPS) is 12.3. The Morgan fingerprint density at radius 1 is 1.43 bits per heavy atom. The number of rotatable bonds is 6. The number of aromatic nitrogens is 3. The number of nitrogens with one attached hydrogen (secondary N) is 1. The van der Waals surface area contributed by atoms with Crippen LogP contribution in [0, 0.1) is 6.92 Å². The van der Waals surface area contributed by atoms with Gasteiger partial charge in [0.2, 0.25) is 0 Å². The highest BCUT2D eigenvalue weighted by atomic mass is 16.3. The minimum Gasteiger partial charge on any atom is -0.506 e. The molecule has 0 aromatic carbocycles. The zero-order valence-corrected chi connectivity index (χ0v) is 14.4. The lowest BCUT2D eigenvalue weighted by Gasteiger charge is -2.19. The van der Waals surface area contributed by atoms with Crippen molar-refractivity contribution >= 4 is 11.3 Å². The summed E-state index contributed by atoms with van der Waals surface area (Å²) >= 11 is 0. The molecule has 0 saturated carbocycles. The van der Waals surface area contributed by atoms with Crippen molar-refractivity contribution in [1.82, 2.24) is 14.6 Å². The third-order valence-corrected chi connectivity index (χ3v) is 3.47. The van der Waals surface area contributed by atoms with Gasteiger partial charge in [-0.05, 0) is 18.9 Å². The van der Waals surface area contributed by atoms with Crippen molar-refractivity contribution in [2.24, 2.45) is 0 Å². The van der Waals surface area contributed by atoms with Crippen LogP contribution in [0.1, 0.15) is 32.8 Å². The Morgan fingerprint density at radius 2 is 2.13 bits per heavy atom. The van der Waals surface area contributed by atoms with Gasteiger partial charge < -0.3 is 10.4 Å². The molecule has 1 atom stereocenters. The molecule has 0 bridgehead atoms. The van der Waals surface area contributed by atoms with Crippen molar-refractivity contribution in [3.63, 3.8) is 0 Å². The third kappa shape index (κ3) is 4.00. The van der Waals surface area contributed by atoms with Gasteiger partial charge in [0, 0.05) is 5.56 Å². The maximum Gasteiger partial charge on any atom is 0.154 e. The number of fused-ring (bicyclic) bond motifs is 1. The van der Waals surface area contributed by atoms with Crippen molar-refractivity contribution in [2.45, 2.75) is 40.2 Å². The van der Waals surface area contributed by atoms with Crippen LogP contribution < -0.4 is 5.32 Å². The molecule has 2 heterocycles. The molecule has 2 rings (SSSR count). The highest BCUT2D eigenvalue weighted by Crippen LogP contribution is 2.28. The molecule has 0 aliphatic heterocycles. The molecule has 0 spiro atoms. The summed E-state index contributed by atoms with van der Waals surface area (Å²) in [6.07, 6.45) is 9.38. The van der Waals surface area contributed by atoms with Crippen LogP contribution in [-0.4, -0.2) is 25.7 Å². The Morgan fingerprint density at radius 3 is 2.70 bits per heavy atom. The summed E-state index contributed by atoms with van der Waals surface area (Å²) in [7, 11) is 0. The lowest BCUT2D eigenvalue weighted by molar-refractivity contribution is 0.471. The molecule has 0 aliphatic carbocycles. The second kappa shape index (κ2) is 8.78. The standard InChI is InChI=1S/C16H20N4O.C2H6/c1-5-8-12(6-2)13(7-3)19-16-15-11(4)14(21)9-20(15)18-10-17-16;1-2/h5-6,8-10,13,21H,1-2,7H2,3-4H3,(H,17,18,19);1-2H3/b12-8+;/t13-;/m1./s1. The molecular weight excluding hydrogens is 288 g/mol. The van der Waals surface area contributed by atoms with Crippen molar-refractivity contribution in [3.8, 4) is 5.75 Å². The molecule has 0 radical (unpaired) electrons. The van der Waals surface area contributed by atoms with Crippen LogP contribution >= 0.6 is 0 Å². The van der Waals surface area contributed by atoms with E-state index in [0.29, 0.717) is 5.82 Å². The number of hydrogen-bond donors (Lipinski definition) is 2. The maximum absolute atomic E-state index is 9.84. The van der Waals surface area contributed by atoms with E-state index in [-0.39, 0.29) is 11.8 Å². The van der Waals surface area contributed by atoms with E-state index < -0.39 is 0 Å². The summed E-state index contributed by atoms with van der Waals surface area (Å²) in [5, 5.41) is 17.3. The second-order valence-corrected chi connectivity index (χ2v) is 4.75. The first kappa shape index (κ1) is 18.5. The smallest absolute Gasteiger partial charge is 0.154 e. The maximum atomic E-state index is 9.84. The fourth-order valence-electron chi connectivity index (χ4n) is 2.30. The van der Waals surface area contributed by atoms with Crippen LogP contribution in [0.5, 0.6) is 5.75 Å². The average Bonchev–Trinajstić information content (AvgIpc) is 2.88.